The lowest BCUT2D eigenvalue weighted by Gasteiger charge is -2.38. The lowest BCUT2D eigenvalue weighted by Crippen LogP contribution is -2.51. The molecule has 0 spiro atoms. The van der Waals surface area contributed by atoms with Crippen molar-refractivity contribution in [2.75, 3.05) is 23.9 Å². The number of amidine groups is 1. The Morgan fingerprint density at radius 3 is 2.25 bits per heavy atom. The molecule has 1 amide bonds. The zero-order valence-electron chi connectivity index (χ0n) is 22.6. The SMILES string of the molecule is C[C@@H](CN(c1ccc(C(=N)N)cc1)S(=O)(=O)Cc1ccccc1)N1CCC(NC(=O)Cc2ccc(F)cc2)CC1. The van der Waals surface area contributed by atoms with E-state index < -0.39 is 10.0 Å². The van der Waals surface area contributed by atoms with Crippen LogP contribution in [0.1, 0.15) is 36.5 Å². The van der Waals surface area contributed by atoms with E-state index in [1.54, 1.807) is 48.5 Å². The smallest absolute Gasteiger partial charge is 0.239 e. The van der Waals surface area contributed by atoms with E-state index in [1.807, 2.05) is 25.1 Å². The van der Waals surface area contributed by atoms with Gasteiger partial charge in [-0.2, -0.15) is 0 Å². The highest BCUT2D eigenvalue weighted by molar-refractivity contribution is 7.92. The first-order chi connectivity index (χ1) is 19.1. The van der Waals surface area contributed by atoms with Gasteiger partial charge >= 0.3 is 0 Å². The third kappa shape index (κ3) is 7.89. The number of nitrogens with one attached hydrogen (secondary N) is 2. The molecule has 10 heteroatoms. The summed E-state index contributed by atoms with van der Waals surface area (Å²) >= 11 is 0. The van der Waals surface area contributed by atoms with Gasteiger partial charge in [-0.15, -0.1) is 0 Å². The molecule has 0 radical (unpaired) electrons. The number of hydrogen-bond donors (Lipinski definition) is 3. The van der Waals surface area contributed by atoms with Crippen molar-refractivity contribution in [2.45, 2.75) is 44.0 Å². The lowest BCUT2D eigenvalue weighted by molar-refractivity contribution is -0.121. The van der Waals surface area contributed by atoms with Crippen molar-refractivity contribution in [3.63, 3.8) is 0 Å². The number of nitrogen functional groups attached to an aromatic ring is 1. The van der Waals surface area contributed by atoms with Crippen LogP contribution in [-0.4, -0.2) is 56.8 Å². The van der Waals surface area contributed by atoms with Gasteiger partial charge in [0.15, 0.2) is 0 Å². The number of sulfonamides is 1. The Labute approximate surface area is 235 Å². The Hall–Kier alpha value is -3.76. The Morgan fingerprint density at radius 2 is 1.65 bits per heavy atom. The molecule has 4 N–H and O–H groups in total. The van der Waals surface area contributed by atoms with Crippen LogP contribution in [0.2, 0.25) is 0 Å². The summed E-state index contributed by atoms with van der Waals surface area (Å²) in [5.74, 6) is -0.626. The number of nitrogens with zero attached hydrogens (tertiary/aromatic N) is 2. The summed E-state index contributed by atoms with van der Waals surface area (Å²) in [6, 6.07) is 21.7. The lowest BCUT2D eigenvalue weighted by atomic mass is 10.0. The summed E-state index contributed by atoms with van der Waals surface area (Å²) in [6.45, 7) is 3.72. The molecule has 212 valence electrons. The van der Waals surface area contributed by atoms with E-state index in [0.717, 1.165) is 31.5 Å². The van der Waals surface area contributed by atoms with Crippen molar-refractivity contribution < 1.29 is 17.6 Å². The minimum Gasteiger partial charge on any atom is -0.384 e. The highest BCUT2D eigenvalue weighted by atomic mass is 32.2. The van der Waals surface area contributed by atoms with E-state index in [9.17, 15) is 17.6 Å². The number of benzene rings is 3. The van der Waals surface area contributed by atoms with Crippen LogP contribution in [0.4, 0.5) is 10.1 Å². The molecule has 1 fully saturated rings. The second kappa shape index (κ2) is 13.1. The fourth-order valence-electron chi connectivity index (χ4n) is 4.96. The van der Waals surface area contributed by atoms with Gasteiger partial charge in [-0.25, -0.2) is 12.8 Å². The highest BCUT2D eigenvalue weighted by Gasteiger charge is 2.29. The summed E-state index contributed by atoms with van der Waals surface area (Å²) in [6.07, 6.45) is 1.71. The molecule has 4 rings (SSSR count). The van der Waals surface area contributed by atoms with Crippen molar-refractivity contribution >= 4 is 27.5 Å². The maximum atomic E-state index is 13.7. The molecule has 0 aromatic heterocycles. The first-order valence-electron chi connectivity index (χ1n) is 13.4. The Bertz CT molecular complexity index is 1390. The van der Waals surface area contributed by atoms with Crippen LogP contribution >= 0.6 is 0 Å². The molecule has 0 aliphatic carbocycles. The summed E-state index contributed by atoms with van der Waals surface area (Å²) in [5, 5.41) is 10.7. The van der Waals surface area contributed by atoms with Crippen LogP contribution in [0, 0.1) is 11.2 Å². The van der Waals surface area contributed by atoms with Gasteiger partial charge in [0.25, 0.3) is 0 Å². The maximum Gasteiger partial charge on any atom is 0.239 e. The molecule has 40 heavy (non-hydrogen) atoms. The topological polar surface area (TPSA) is 120 Å². The van der Waals surface area contributed by atoms with Gasteiger partial charge < -0.3 is 11.1 Å². The van der Waals surface area contributed by atoms with E-state index in [1.165, 1.54) is 16.4 Å². The standard InChI is InChI=1S/C30H36FN5O3S/c1-22(35-17-15-27(16-18-35)34-29(37)19-23-7-11-26(31)12-8-23)20-36(28-13-9-25(10-14-28)30(32)33)40(38,39)21-24-5-3-2-4-6-24/h2-14,22,27H,15-21H2,1H3,(H3,32,33)(H,34,37)/t22-/m0/s1. The van der Waals surface area contributed by atoms with Crippen LogP contribution in [0.25, 0.3) is 0 Å². The number of hydrogen-bond acceptors (Lipinski definition) is 5. The van der Waals surface area contributed by atoms with Crippen molar-refractivity contribution in [2.24, 2.45) is 5.73 Å². The predicted molar refractivity (Wildman–Crippen MR) is 156 cm³/mol. The molecule has 1 saturated heterocycles. The Balaban J connectivity index is 1.39. The third-order valence-corrected chi connectivity index (χ3v) is 8.95. The molecule has 3 aromatic carbocycles. The number of anilines is 1. The molecule has 1 heterocycles. The number of piperidine rings is 1. The number of amides is 1. The van der Waals surface area contributed by atoms with Crippen LogP contribution in [-0.2, 0) is 27.0 Å². The zero-order valence-corrected chi connectivity index (χ0v) is 23.4. The van der Waals surface area contributed by atoms with Gasteiger partial charge in [0, 0.05) is 37.3 Å². The average molecular weight is 566 g/mol. The van der Waals surface area contributed by atoms with E-state index >= 15 is 0 Å². The molecule has 1 aliphatic heterocycles. The van der Waals surface area contributed by atoms with Crippen LogP contribution < -0.4 is 15.4 Å². The average Bonchev–Trinajstić information content (AvgIpc) is 2.93. The molecule has 0 saturated carbocycles. The number of carbonyl (C=O) groups is 1. The molecule has 8 nitrogen and oxygen atoms in total. The van der Waals surface area contributed by atoms with Gasteiger partial charge in [-0.05, 0) is 67.3 Å². The minimum atomic E-state index is -3.71. The largest absolute Gasteiger partial charge is 0.384 e. The van der Waals surface area contributed by atoms with Gasteiger partial charge in [0.05, 0.1) is 17.9 Å². The van der Waals surface area contributed by atoms with Gasteiger partial charge in [0.2, 0.25) is 15.9 Å². The Kier molecular flexibility index (Phi) is 9.54. The molecular weight excluding hydrogens is 529 g/mol. The molecule has 3 aromatic rings. The van der Waals surface area contributed by atoms with Gasteiger partial charge in [0.1, 0.15) is 11.7 Å². The van der Waals surface area contributed by atoms with E-state index in [0.29, 0.717) is 16.8 Å². The normalized spacial score (nSPS) is 15.3. The van der Waals surface area contributed by atoms with Crippen molar-refractivity contribution in [1.29, 1.82) is 5.41 Å². The second-order valence-electron chi connectivity index (χ2n) is 10.3. The second-order valence-corrected chi connectivity index (χ2v) is 12.2. The van der Waals surface area contributed by atoms with Gasteiger partial charge in [-0.3, -0.25) is 19.4 Å². The summed E-state index contributed by atoms with van der Waals surface area (Å²) < 4.78 is 41.9. The maximum absolute atomic E-state index is 13.7. The first-order valence-corrected chi connectivity index (χ1v) is 15.0. The highest BCUT2D eigenvalue weighted by Crippen LogP contribution is 2.24. The molecule has 1 atom stereocenters. The summed E-state index contributed by atoms with van der Waals surface area (Å²) in [4.78, 5) is 14.7. The monoisotopic (exact) mass is 565 g/mol. The van der Waals surface area contributed by atoms with Crippen LogP contribution in [0.3, 0.4) is 0 Å². The number of nitrogens with two attached hydrogens (primary N) is 1. The van der Waals surface area contributed by atoms with E-state index in [2.05, 4.69) is 10.2 Å². The van der Waals surface area contributed by atoms with Gasteiger partial charge in [-0.1, -0.05) is 42.5 Å². The minimum absolute atomic E-state index is 0.0356. The molecule has 0 bridgehead atoms. The number of rotatable bonds is 11. The molecule has 1 aliphatic rings. The van der Waals surface area contributed by atoms with Crippen molar-refractivity contribution in [3.05, 3.63) is 101 Å². The van der Waals surface area contributed by atoms with E-state index in [-0.39, 0.29) is 48.4 Å². The quantitative estimate of drug-likeness (QED) is 0.242. The zero-order chi connectivity index (χ0) is 28.7. The third-order valence-electron chi connectivity index (χ3n) is 7.22. The van der Waals surface area contributed by atoms with E-state index in [4.69, 9.17) is 11.1 Å². The Morgan fingerprint density at radius 1 is 1.02 bits per heavy atom. The molecular formula is C30H36FN5O3S. The fourth-order valence-corrected chi connectivity index (χ4v) is 6.61. The predicted octanol–water partition coefficient (Wildman–Crippen LogP) is 3.66. The number of likely N-dealkylation sites (tertiary alicyclic amines) is 1. The first kappa shape index (κ1) is 29.2. The summed E-state index contributed by atoms with van der Waals surface area (Å²) in [7, 11) is -3.71. The van der Waals surface area contributed by atoms with Crippen LogP contribution in [0.5, 0.6) is 0 Å². The summed E-state index contributed by atoms with van der Waals surface area (Å²) in [5.41, 5.74) is 8.12. The number of carbonyl (C=O) groups excluding carboxylic acids is 1. The fraction of sp³-hybridized carbons (Fsp3) is 0.333. The van der Waals surface area contributed by atoms with Crippen molar-refractivity contribution in [3.8, 4) is 0 Å². The van der Waals surface area contributed by atoms with Crippen molar-refractivity contribution in [1.82, 2.24) is 10.2 Å². The number of halogens is 1. The van der Waals surface area contributed by atoms with Crippen LogP contribution in [0.15, 0.2) is 78.9 Å². The molecule has 0 unspecified atom stereocenters.